The average Bonchev–Trinajstić information content (AvgIpc) is 2.35. The number of nitrogens with one attached hydrogen (secondary N) is 2. The van der Waals surface area contributed by atoms with E-state index in [1.165, 1.54) is 7.11 Å². The molecule has 0 radical (unpaired) electrons. The molecule has 1 heterocycles. The second kappa shape index (κ2) is 7.25. The summed E-state index contributed by atoms with van der Waals surface area (Å²) in [6.45, 7) is 3.17. The van der Waals surface area contributed by atoms with E-state index in [0.29, 0.717) is 18.4 Å². The van der Waals surface area contributed by atoms with Gasteiger partial charge in [-0.3, -0.25) is 4.79 Å². The summed E-state index contributed by atoms with van der Waals surface area (Å²) in [5.41, 5.74) is 5.04. The lowest BCUT2D eigenvalue weighted by atomic mass is 10.4. The minimum Gasteiger partial charge on any atom is -0.467 e. The zero-order chi connectivity index (χ0) is 13.4. The molecule has 1 rings (SSSR count). The van der Waals surface area contributed by atoms with Gasteiger partial charge in [-0.15, -0.1) is 0 Å². The van der Waals surface area contributed by atoms with E-state index in [-0.39, 0.29) is 18.3 Å². The van der Waals surface area contributed by atoms with Gasteiger partial charge in [0.25, 0.3) is 0 Å². The van der Waals surface area contributed by atoms with Gasteiger partial charge in [0.2, 0.25) is 17.8 Å². The fourth-order valence-corrected chi connectivity index (χ4v) is 1.14. The Balaban J connectivity index is 2.67. The first-order valence-electron chi connectivity index (χ1n) is 5.71. The summed E-state index contributed by atoms with van der Waals surface area (Å²) < 4.78 is 4.97. The Kier molecular flexibility index (Phi) is 5.62. The maximum Gasteiger partial charge on any atom is 0.322 e. The predicted molar refractivity (Wildman–Crippen MR) is 67.5 cm³/mol. The molecule has 0 spiro atoms. The molecule has 0 atom stereocenters. The number of methoxy groups -OCH3 is 1. The number of carbonyl (C=O) groups is 1. The van der Waals surface area contributed by atoms with Crippen LogP contribution in [-0.4, -0.2) is 41.1 Å². The van der Waals surface area contributed by atoms with Crippen molar-refractivity contribution >= 4 is 17.8 Å². The summed E-state index contributed by atoms with van der Waals surface area (Å²) in [6.07, 6.45) is 1.17. The smallest absolute Gasteiger partial charge is 0.322 e. The number of nitrogens with zero attached hydrogens (tertiary/aromatic N) is 3. The van der Waals surface area contributed by atoms with Crippen LogP contribution >= 0.6 is 0 Å². The van der Waals surface area contributed by atoms with Crippen LogP contribution in [0.15, 0.2) is 0 Å². The molecule has 18 heavy (non-hydrogen) atoms. The maximum atomic E-state index is 10.6. The van der Waals surface area contributed by atoms with E-state index < -0.39 is 0 Å². The van der Waals surface area contributed by atoms with E-state index in [9.17, 15) is 4.79 Å². The number of primary amides is 1. The Morgan fingerprint density at radius 1 is 1.22 bits per heavy atom. The second-order valence-electron chi connectivity index (χ2n) is 3.54. The van der Waals surface area contributed by atoms with E-state index in [2.05, 4.69) is 25.6 Å². The van der Waals surface area contributed by atoms with Crippen molar-refractivity contribution in [1.29, 1.82) is 0 Å². The van der Waals surface area contributed by atoms with Crippen molar-refractivity contribution in [3.05, 3.63) is 0 Å². The van der Waals surface area contributed by atoms with Crippen LogP contribution in [0.3, 0.4) is 0 Å². The quantitative estimate of drug-likeness (QED) is 0.597. The first kappa shape index (κ1) is 13.9. The van der Waals surface area contributed by atoms with Gasteiger partial charge in [-0.2, -0.15) is 15.0 Å². The first-order chi connectivity index (χ1) is 8.65. The summed E-state index contributed by atoms with van der Waals surface area (Å²) in [5, 5.41) is 5.92. The Labute approximate surface area is 105 Å². The molecule has 0 fully saturated rings. The Morgan fingerprint density at radius 3 is 2.33 bits per heavy atom. The van der Waals surface area contributed by atoms with Gasteiger partial charge < -0.3 is 21.1 Å². The van der Waals surface area contributed by atoms with Gasteiger partial charge in [0.15, 0.2) is 0 Å². The molecule has 0 bridgehead atoms. The van der Waals surface area contributed by atoms with Gasteiger partial charge in [0, 0.05) is 19.5 Å². The third kappa shape index (κ3) is 4.81. The molecular weight excluding hydrogens is 236 g/mol. The SMILES string of the molecule is CCCNc1nc(NCCC(N)=O)nc(OC)n1. The molecule has 0 saturated heterocycles. The third-order valence-electron chi connectivity index (χ3n) is 1.99. The number of hydrogen-bond donors (Lipinski definition) is 3. The topological polar surface area (TPSA) is 115 Å². The molecule has 0 aromatic carbocycles. The van der Waals surface area contributed by atoms with E-state index in [0.717, 1.165) is 13.0 Å². The maximum absolute atomic E-state index is 10.6. The highest BCUT2D eigenvalue weighted by atomic mass is 16.5. The highest BCUT2D eigenvalue weighted by Gasteiger charge is 2.06. The van der Waals surface area contributed by atoms with E-state index >= 15 is 0 Å². The molecule has 0 aliphatic carbocycles. The molecule has 1 aromatic rings. The molecule has 1 aromatic heterocycles. The van der Waals surface area contributed by atoms with E-state index in [4.69, 9.17) is 10.5 Å². The van der Waals surface area contributed by atoms with Gasteiger partial charge >= 0.3 is 6.01 Å². The van der Waals surface area contributed by atoms with Crippen LogP contribution in [0.5, 0.6) is 6.01 Å². The molecule has 0 aliphatic rings. The molecule has 100 valence electrons. The number of rotatable bonds is 8. The Hall–Kier alpha value is -2.12. The van der Waals surface area contributed by atoms with Crippen molar-refractivity contribution in [1.82, 2.24) is 15.0 Å². The fourth-order valence-electron chi connectivity index (χ4n) is 1.14. The van der Waals surface area contributed by atoms with Crippen LogP contribution in [0.25, 0.3) is 0 Å². The van der Waals surface area contributed by atoms with E-state index in [1.54, 1.807) is 0 Å². The van der Waals surface area contributed by atoms with Gasteiger partial charge in [-0.25, -0.2) is 0 Å². The molecule has 1 amide bonds. The Bertz CT molecular complexity index is 398. The summed E-state index contributed by atoms with van der Waals surface area (Å²) in [4.78, 5) is 22.8. The van der Waals surface area contributed by atoms with Crippen molar-refractivity contribution in [3.8, 4) is 6.01 Å². The Morgan fingerprint density at radius 2 is 1.83 bits per heavy atom. The molecule has 0 unspecified atom stereocenters. The van der Waals surface area contributed by atoms with Crippen molar-refractivity contribution in [2.75, 3.05) is 30.8 Å². The lowest BCUT2D eigenvalue weighted by Crippen LogP contribution is -2.17. The number of nitrogens with two attached hydrogens (primary N) is 1. The largest absolute Gasteiger partial charge is 0.467 e. The second-order valence-corrected chi connectivity index (χ2v) is 3.54. The van der Waals surface area contributed by atoms with Gasteiger partial charge in [0.05, 0.1) is 7.11 Å². The predicted octanol–water partition coefficient (Wildman–Crippen LogP) is -0.0106. The van der Waals surface area contributed by atoms with Gasteiger partial charge in [-0.1, -0.05) is 6.92 Å². The lowest BCUT2D eigenvalue weighted by molar-refractivity contribution is -0.117. The zero-order valence-electron chi connectivity index (χ0n) is 10.6. The number of hydrogen-bond acceptors (Lipinski definition) is 7. The molecule has 8 nitrogen and oxygen atoms in total. The van der Waals surface area contributed by atoms with Gasteiger partial charge in [-0.05, 0) is 6.42 Å². The molecular formula is C10H18N6O2. The summed E-state index contributed by atoms with van der Waals surface area (Å²) in [6, 6.07) is 0.213. The minimum atomic E-state index is -0.382. The number of aromatic nitrogens is 3. The monoisotopic (exact) mass is 254 g/mol. The zero-order valence-corrected chi connectivity index (χ0v) is 10.6. The highest BCUT2D eigenvalue weighted by Crippen LogP contribution is 2.10. The van der Waals surface area contributed by atoms with Crippen molar-refractivity contribution in [2.24, 2.45) is 5.73 Å². The molecule has 8 heteroatoms. The van der Waals surface area contributed by atoms with Crippen LogP contribution < -0.4 is 21.1 Å². The number of carbonyl (C=O) groups excluding carboxylic acids is 1. The average molecular weight is 254 g/mol. The van der Waals surface area contributed by atoms with Crippen molar-refractivity contribution in [3.63, 3.8) is 0 Å². The van der Waals surface area contributed by atoms with E-state index in [1.807, 2.05) is 6.92 Å². The molecule has 0 saturated carbocycles. The van der Waals surface area contributed by atoms with Gasteiger partial charge in [0.1, 0.15) is 0 Å². The number of anilines is 2. The molecule has 4 N–H and O–H groups in total. The fraction of sp³-hybridized carbons (Fsp3) is 0.600. The highest BCUT2D eigenvalue weighted by molar-refractivity contribution is 5.74. The van der Waals surface area contributed by atoms with Crippen molar-refractivity contribution < 1.29 is 9.53 Å². The molecule has 0 aliphatic heterocycles. The van der Waals surface area contributed by atoms with Crippen LogP contribution in [-0.2, 0) is 4.79 Å². The third-order valence-corrected chi connectivity index (χ3v) is 1.99. The number of ether oxygens (including phenoxy) is 1. The summed E-state index contributed by atoms with van der Waals surface area (Å²) in [7, 11) is 1.48. The lowest BCUT2D eigenvalue weighted by Gasteiger charge is -2.08. The van der Waals surface area contributed by atoms with Crippen LogP contribution in [0.2, 0.25) is 0 Å². The van der Waals surface area contributed by atoms with Crippen LogP contribution in [0.4, 0.5) is 11.9 Å². The van der Waals surface area contributed by atoms with Crippen molar-refractivity contribution in [2.45, 2.75) is 19.8 Å². The number of amides is 1. The van der Waals surface area contributed by atoms with Crippen LogP contribution in [0, 0.1) is 0 Å². The summed E-state index contributed by atoms with van der Waals surface area (Å²) in [5.74, 6) is 0.403. The minimum absolute atomic E-state index is 0.213. The first-order valence-corrected chi connectivity index (χ1v) is 5.71. The normalized spacial score (nSPS) is 9.89. The summed E-state index contributed by atoms with van der Waals surface area (Å²) >= 11 is 0. The van der Waals surface area contributed by atoms with Crippen LogP contribution in [0.1, 0.15) is 19.8 Å². The standard InChI is InChI=1S/C10H18N6O2/c1-3-5-12-8-14-9(13-6-4-7(11)17)16-10(15-8)18-2/h3-6H2,1-2H3,(H2,11,17)(H2,12,13,14,15,16).